The molecule has 0 spiro atoms. The molecule has 2 aromatic rings. The van der Waals surface area contributed by atoms with E-state index in [-0.39, 0.29) is 5.82 Å². The van der Waals surface area contributed by atoms with Crippen LogP contribution in [0.5, 0.6) is 11.5 Å². The van der Waals surface area contributed by atoms with Gasteiger partial charge in [0.05, 0.1) is 0 Å². The summed E-state index contributed by atoms with van der Waals surface area (Å²) in [4.78, 5) is 0. The minimum absolute atomic E-state index is 0.294. The first-order chi connectivity index (χ1) is 7.24. The topological polar surface area (TPSA) is 9.23 Å². The van der Waals surface area contributed by atoms with Gasteiger partial charge in [0.15, 0.2) is 0 Å². The molecule has 0 amide bonds. The maximum Gasteiger partial charge on any atom is 0.130 e. The molecule has 15 heavy (non-hydrogen) atoms. The highest BCUT2D eigenvalue weighted by Gasteiger charge is 1.98. The van der Waals surface area contributed by atoms with Crippen LogP contribution in [0.25, 0.3) is 0 Å². The summed E-state index contributed by atoms with van der Waals surface area (Å²) in [7, 11) is 0. The number of halogens is 2. The van der Waals surface area contributed by atoms with Crippen molar-refractivity contribution in [3.05, 3.63) is 57.9 Å². The van der Waals surface area contributed by atoms with Crippen LogP contribution in [0, 0.1) is 9.39 Å². The summed E-state index contributed by atoms with van der Waals surface area (Å²) in [5.41, 5.74) is 0. The molecule has 76 valence electrons. The third-order valence-corrected chi connectivity index (χ3v) is 2.56. The number of rotatable bonds is 2. The summed E-state index contributed by atoms with van der Waals surface area (Å²) in [6, 6.07) is 13.7. The van der Waals surface area contributed by atoms with E-state index < -0.39 is 0 Å². The predicted molar refractivity (Wildman–Crippen MR) is 65.6 cm³/mol. The standard InChI is InChI=1S/C12H8FIO/c13-9-2-1-3-12(8-9)15-11-6-4-10(14)5-7-11/h1-8H. The second-order valence-corrected chi connectivity index (χ2v) is 4.26. The van der Waals surface area contributed by atoms with Crippen LogP contribution in [-0.4, -0.2) is 0 Å². The lowest BCUT2D eigenvalue weighted by atomic mass is 10.3. The Kier molecular flexibility index (Phi) is 3.20. The van der Waals surface area contributed by atoms with Gasteiger partial charge in [0.25, 0.3) is 0 Å². The van der Waals surface area contributed by atoms with Gasteiger partial charge >= 0.3 is 0 Å². The molecule has 0 saturated heterocycles. The van der Waals surface area contributed by atoms with E-state index in [1.807, 2.05) is 24.3 Å². The zero-order chi connectivity index (χ0) is 10.7. The van der Waals surface area contributed by atoms with Crippen LogP contribution in [0.1, 0.15) is 0 Å². The van der Waals surface area contributed by atoms with E-state index in [0.717, 1.165) is 3.57 Å². The molecule has 3 heteroatoms. The summed E-state index contributed by atoms with van der Waals surface area (Å²) in [6.45, 7) is 0. The normalized spacial score (nSPS) is 10.0. The molecule has 0 bridgehead atoms. The van der Waals surface area contributed by atoms with Crippen molar-refractivity contribution in [2.75, 3.05) is 0 Å². The monoisotopic (exact) mass is 314 g/mol. The smallest absolute Gasteiger partial charge is 0.130 e. The fourth-order valence-electron chi connectivity index (χ4n) is 1.17. The third-order valence-electron chi connectivity index (χ3n) is 1.85. The molecule has 0 atom stereocenters. The second-order valence-electron chi connectivity index (χ2n) is 3.01. The Balaban J connectivity index is 2.18. The number of ether oxygens (including phenoxy) is 1. The van der Waals surface area contributed by atoms with Crippen LogP contribution >= 0.6 is 22.6 Å². The molecule has 0 radical (unpaired) electrons. The van der Waals surface area contributed by atoms with Crippen molar-refractivity contribution in [3.8, 4) is 11.5 Å². The van der Waals surface area contributed by atoms with Crippen LogP contribution in [0.2, 0.25) is 0 Å². The first kappa shape index (κ1) is 10.4. The summed E-state index contributed by atoms with van der Waals surface area (Å²) in [5, 5.41) is 0. The fraction of sp³-hybridized carbons (Fsp3) is 0. The molecule has 0 N–H and O–H groups in total. The molecule has 0 fully saturated rings. The van der Waals surface area contributed by atoms with Crippen molar-refractivity contribution in [2.24, 2.45) is 0 Å². The SMILES string of the molecule is Fc1cccc(Oc2ccc(I)cc2)c1. The molecule has 2 rings (SSSR count). The van der Waals surface area contributed by atoms with E-state index in [2.05, 4.69) is 22.6 Å². The van der Waals surface area contributed by atoms with Crippen molar-refractivity contribution >= 4 is 22.6 Å². The van der Waals surface area contributed by atoms with Gasteiger partial charge in [-0.1, -0.05) is 6.07 Å². The zero-order valence-electron chi connectivity index (χ0n) is 7.78. The van der Waals surface area contributed by atoms with E-state index >= 15 is 0 Å². The van der Waals surface area contributed by atoms with Crippen LogP contribution < -0.4 is 4.74 Å². The average molecular weight is 314 g/mol. The Hall–Kier alpha value is -1.10. The van der Waals surface area contributed by atoms with Gasteiger partial charge in [0, 0.05) is 9.64 Å². The number of benzene rings is 2. The Morgan fingerprint density at radius 3 is 2.33 bits per heavy atom. The lowest BCUT2D eigenvalue weighted by Gasteiger charge is -2.05. The van der Waals surface area contributed by atoms with E-state index in [1.54, 1.807) is 12.1 Å². The fourth-order valence-corrected chi connectivity index (χ4v) is 1.53. The highest BCUT2D eigenvalue weighted by Crippen LogP contribution is 2.22. The van der Waals surface area contributed by atoms with E-state index in [1.165, 1.54) is 12.1 Å². The van der Waals surface area contributed by atoms with E-state index in [9.17, 15) is 4.39 Å². The number of hydrogen-bond acceptors (Lipinski definition) is 1. The molecular formula is C12H8FIO. The summed E-state index contributed by atoms with van der Waals surface area (Å²) in [6.07, 6.45) is 0. The van der Waals surface area contributed by atoms with Gasteiger partial charge in [-0.3, -0.25) is 0 Å². The molecule has 1 nitrogen and oxygen atoms in total. The van der Waals surface area contributed by atoms with Crippen molar-refractivity contribution in [1.29, 1.82) is 0 Å². The maximum absolute atomic E-state index is 12.9. The zero-order valence-corrected chi connectivity index (χ0v) is 9.94. The summed E-state index contributed by atoms with van der Waals surface area (Å²) >= 11 is 2.22. The molecule has 0 aliphatic rings. The van der Waals surface area contributed by atoms with Crippen LogP contribution in [0.15, 0.2) is 48.5 Å². The van der Waals surface area contributed by atoms with Gasteiger partial charge in [-0.2, -0.15) is 0 Å². The predicted octanol–water partition coefficient (Wildman–Crippen LogP) is 4.22. The molecule has 0 aromatic heterocycles. The average Bonchev–Trinajstić information content (AvgIpc) is 2.22. The maximum atomic E-state index is 12.9. The summed E-state index contributed by atoms with van der Waals surface area (Å²) in [5.74, 6) is 0.926. The number of hydrogen-bond donors (Lipinski definition) is 0. The lowest BCUT2D eigenvalue weighted by Crippen LogP contribution is -1.84. The first-order valence-electron chi connectivity index (χ1n) is 4.43. The van der Waals surface area contributed by atoms with Gasteiger partial charge in [-0.05, 0) is 59.0 Å². The Morgan fingerprint density at radius 1 is 0.933 bits per heavy atom. The van der Waals surface area contributed by atoms with Crippen molar-refractivity contribution in [1.82, 2.24) is 0 Å². The van der Waals surface area contributed by atoms with Crippen molar-refractivity contribution in [2.45, 2.75) is 0 Å². The molecule has 0 unspecified atom stereocenters. The van der Waals surface area contributed by atoms with E-state index in [0.29, 0.717) is 11.5 Å². The van der Waals surface area contributed by atoms with Crippen molar-refractivity contribution in [3.63, 3.8) is 0 Å². The highest BCUT2D eigenvalue weighted by molar-refractivity contribution is 14.1. The molecule has 0 aliphatic heterocycles. The van der Waals surface area contributed by atoms with Crippen molar-refractivity contribution < 1.29 is 9.13 Å². The lowest BCUT2D eigenvalue weighted by molar-refractivity contribution is 0.476. The van der Waals surface area contributed by atoms with Gasteiger partial charge in [0.1, 0.15) is 17.3 Å². The second kappa shape index (κ2) is 4.61. The highest BCUT2D eigenvalue weighted by atomic mass is 127. The Labute approximate surface area is 101 Å². The summed E-state index contributed by atoms with van der Waals surface area (Å²) < 4.78 is 19.5. The van der Waals surface area contributed by atoms with Gasteiger partial charge in [-0.25, -0.2) is 4.39 Å². The van der Waals surface area contributed by atoms with Gasteiger partial charge in [0.2, 0.25) is 0 Å². The van der Waals surface area contributed by atoms with Crippen LogP contribution in [0.3, 0.4) is 0 Å². The molecule has 2 aromatic carbocycles. The Bertz CT molecular complexity index is 453. The first-order valence-corrected chi connectivity index (χ1v) is 5.51. The minimum Gasteiger partial charge on any atom is -0.457 e. The van der Waals surface area contributed by atoms with Crippen LogP contribution in [0.4, 0.5) is 4.39 Å². The molecule has 0 aliphatic carbocycles. The van der Waals surface area contributed by atoms with Gasteiger partial charge in [-0.15, -0.1) is 0 Å². The minimum atomic E-state index is -0.294. The quantitative estimate of drug-likeness (QED) is 0.754. The van der Waals surface area contributed by atoms with Gasteiger partial charge < -0.3 is 4.74 Å². The largest absolute Gasteiger partial charge is 0.457 e. The molecule has 0 saturated carbocycles. The Morgan fingerprint density at radius 2 is 1.67 bits per heavy atom. The van der Waals surface area contributed by atoms with Crippen LogP contribution in [-0.2, 0) is 0 Å². The molecule has 0 heterocycles. The molecular weight excluding hydrogens is 306 g/mol. The van der Waals surface area contributed by atoms with E-state index in [4.69, 9.17) is 4.74 Å². The third kappa shape index (κ3) is 2.92.